The number of fused-ring (bicyclic) bond motifs is 1. The summed E-state index contributed by atoms with van der Waals surface area (Å²) < 4.78 is 14.6. The molecule has 11 heavy (non-hydrogen) atoms. The second-order valence-corrected chi connectivity index (χ2v) is 2.75. The Morgan fingerprint density at radius 1 is 1.64 bits per heavy atom. The third-order valence-corrected chi connectivity index (χ3v) is 1.95. The molecule has 0 aliphatic carbocycles. The van der Waals surface area contributed by atoms with Gasteiger partial charge in [0.2, 0.25) is 0 Å². The maximum atomic E-state index is 13.0. The molecule has 2 rings (SSSR count). The monoisotopic (exact) mass is 151 g/mol. The number of halogens is 1. The Bertz CT molecular complexity index is 285. The third-order valence-electron chi connectivity index (χ3n) is 1.95. The molecule has 0 bridgehead atoms. The molecular formula is C6H7BFN3. The molecule has 0 aromatic carbocycles. The van der Waals surface area contributed by atoms with Gasteiger partial charge in [0.05, 0.1) is 7.85 Å². The number of aryl methyl sites for hydroxylation is 1. The highest BCUT2D eigenvalue weighted by Crippen LogP contribution is 2.34. The Morgan fingerprint density at radius 3 is 3.00 bits per heavy atom. The van der Waals surface area contributed by atoms with Gasteiger partial charge in [0.25, 0.3) is 0 Å². The molecule has 0 amide bonds. The van der Waals surface area contributed by atoms with Crippen molar-refractivity contribution in [3.05, 3.63) is 11.6 Å². The van der Waals surface area contributed by atoms with Crippen LogP contribution < -0.4 is 0 Å². The zero-order valence-corrected chi connectivity index (χ0v) is 6.16. The fourth-order valence-corrected chi connectivity index (χ4v) is 1.43. The number of nitrogens with zero attached hydrogens (tertiary/aromatic N) is 3. The lowest BCUT2D eigenvalue weighted by Gasteiger charge is -2.05. The van der Waals surface area contributed by atoms with Crippen LogP contribution in [0.15, 0.2) is 0 Å². The van der Waals surface area contributed by atoms with Gasteiger partial charge in [-0.25, -0.2) is 4.39 Å². The minimum atomic E-state index is -1.04. The van der Waals surface area contributed by atoms with Gasteiger partial charge in [-0.05, 0) is 13.3 Å². The molecule has 0 fully saturated rings. The Labute approximate surface area is 65.0 Å². The van der Waals surface area contributed by atoms with Gasteiger partial charge in [0, 0.05) is 5.94 Å². The lowest BCUT2D eigenvalue weighted by Crippen LogP contribution is -2.04. The van der Waals surface area contributed by atoms with Crippen LogP contribution in [0.25, 0.3) is 0 Å². The standard InChI is InChI=1S/C6H7BFN3/c1-3-9-10-6-4(8)2-5(7)11(3)6/h4-5H,2H2,1H3. The SMILES string of the molecule is [B]C1CC(F)c2nnc(C)n21. The topological polar surface area (TPSA) is 30.7 Å². The Balaban J connectivity index is 2.54. The van der Waals surface area contributed by atoms with Crippen molar-refractivity contribution < 1.29 is 4.39 Å². The van der Waals surface area contributed by atoms with Gasteiger partial charge in [-0.1, -0.05) is 0 Å². The van der Waals surface area contributed by atoms with E-state index in [2.05, 4.69) is 10.2 Å². The highest BCUT2D eigenvalue weighted by molar-refractivity contribution is 6.10. The molecule has 1 aromatic rings. The van der Waals surface area contributed by atoms with Crippen LogP contribution in [-0.2, 0) is 0 Å². The molecule has 0 spiro atoms. The molecule has 1 aromatic heterocycles. The van der Waals surface area contributed by atoms with E-state index in [0.717, 1.165) is 0 Å². The van der Waals surface area contributed by atoms with Crippen LogP contribution >= 0.6 is 0 Å². The summed E-state index contributed by atoms with van der Waals surface area (Å²) in [6.45, 7) is 1.77. The first-order valence-corrected chi connectivity index (χ1v) is 3.51. The quantitative estimate of drug-likeness (QED) is 0.510. The third kappa shape index (κ3) is 0.798. The van der Waals surface area contributed by atoms with Crippen molar-refractivity contribution in [3.63, 3.8) is 0 Å². The lowest BCUT2D eigenvalue weighted by molar-refractivity contribution is 0.333. The van der Waals surface area contributed by atoms with Crippen molar-refractivity contribution in [3.8, 4) is 0 Å². The van der Waals surface area contributed by atoms with Crippen molar-refractivity contribution >= 4 is 7.85 Å². The summed E-state index contributed by atoms with van der Waals surface area (Å²) in [4.78, 5) is 0. The second kappa shape index (κ2) is 2.06. The molecule has 2 unspecified atom stereocenters. The van der Waals surface area contributed by atoms with E-state index in [9.17, 15) is 4.39 Å². The van der Waals surface area contributed by atoms with Gasteiger partial charge in [-0.15, -0.1) is 10.2 Å². The van der Waals surface area contributed by atoms with E-state index in [0.29, 0.717) is 18.1 Å². The van der Waals surface area contributed by atoms with Crippen molar-refractivity contribution in [1.29, 1.82) is 0 Å². The Morgan fingerprint density at radius 2 is 2.36 bits per heavy atom. The summed E-state index contributed by atoms with van der Waals surface area (Å²) in [6.07, 6.45) is -0.711. The molecule has 1 aliphatic rings. The predicted molar refractivity (Wildman–Crippen MR) is 38.0 cm³/mol. The van der Waals surface area contributed by atoms with Gasteiger partial charge >= 0.3 is 0 Å². The van der Waals surface area contributed by atoms with E-state index in [1.807, 2.05) is 0 Å². The fraction of sp³-hybridized carbons (Fsp3) is 0.667. The number of rotatable bonds is 0. The molecule has 0 saturated carbocycles. The average molecular weight is 151 g/mol. The number of alkyl halides is 1. The zero-order valence-electron chi connectivity index (χ0n) is 6.16. The van der Waals surface area contributed by atoms with Gasteiger partial charge in [0.1, 0.15) is 5.82 Å². The molecule has 2 heterocycles. The first kappa shape index (κ1) is 6.82. The first-order valence-electron chi connectivity index (χ1n) is 3.51. The van der Waals surface area contributed by atoms with Crippen molar-refractivity contribution in [2.75, 3.05) is 0 Å². The number of aromatic nitrogens is 3. The molecule has 0 saturated heterocycles. The molecule has 1 aliphatic heterocycles. The van der Waals surface area contributed by atoms with Crippen LogP contribution in [0.2, 0.25) is 0 Å². The van der Waals surface area contributed by atoms with Crippen LogP contribution in [0.3, 0.4) is 0 Å². The Kier molecular flexibility index (Phi) is 1.28. The van der Waals surface area contributed by atoms with Crippen LogP contribution in [0.1, 0.15) is 30.2 Å². The summed E-state index contributed by atoms with van der Waals surface area (Å²) >= 11 is 0. The summed E-state index contributed by atoms with van der Waals surface area (Å²) in [6, 6.07) is 0. The average Bonchev–Trinajstić information content (AvgIpc) is 2.41. The highest BCUT2D eigenvalue weighted by Gasteiger charge is 2.30. The molecule has 3 nitrogen and oxygen atoms in total. The first-order chi connectivity index (χ1) is 5.20. The van der Waals surface area contributed by atoms with Gasteiger partial charge in [-0.2, -0.15) is 0 Å². The molecule has 2 atom stereocenters. The van der Waals surface area contributed by atoms with Gasteiger partial charge in [0.15, 0.2) is 12.0 Å². The van der Waals surface area contributed by atoms with Crippen LogP contribution in [0.4, 0.5) is 4.39 Å². The second-order valence-electron chi connectivity index (χ2n) is 2.75. The normalized spacial score (nSPS) is 28.9. The van der Waals surface area contributed by atoms with E-state index in [-0.39, 0.29) is 5.94 Å². The van der Waals surface area contributed by atoms with E-state index in [4.69, 9.17) is 7.85 Å². The molecular weight excluding hydrogens is 144 g/mol. The van der Waals surface area contributed by atoms with E-state index >= 15 is 0 Å². The molecule has 5 heteroatoms. The maximum absolute atomic E-state index is 13.0. The minimum absolute atomic E-state index is 0.282. The summed E-state index contributed by atoms with van der Waals surface area (Å²) in [5.41, 5.74) is 0. The largest absolute Gasteiger partial charge is 0.319 e. The van der Waals surface area contributed by atoms with E-state index < -0.39 is 6.17 Å². The van der Waals surface area contributed by atoms with Gasteiger partial charge in [-0.3, -0.25) is 0 Å². The van der Waals surface area contributed by atoms with E-state index in [1.54, 1.807) is 11.5 Å². The Hall–Kier alpha value is -0.865. The fourth-order valence-electron chi connectivity index (χ4n) is 1.43. The smallest absolute Gasteiger partial charge is 0.167 e. The highest BCUT2D eigenvalue weighted by atomic mass is 19.1. The minimum Gasteiger partial charge on any atom is -0.319 e. The van der Waals surface area contributed by atoms with Gasteiger partial charge < -0.3 is 4.57 Å². The van der Waals surface area contributed by atoms with E-state index in [1.165, 1.54) is 0 Å². The zero-order chi connectivity index (χ0) is 8.01. The lowest BCUT2D eigenvalue weighted by atomic mass is 9.94. The summed E-state index contributed by atoms with van der Waals surface area (Å²) in [5, 5.41) is 7.42. The number of hydrogen-bond donors (Lipinski definition) is 0. The predicted octanol–water partition coefficient (Wildman–Crippen LogP) is 0.668. The van der Waals surface area contributed by atoms with Crippen LogP contribution in [0.5, 0.6) is 0 Å². The van der Waals surface area contributed by atoms with Crippen molar-refractivity contribution in [2.24, 2.45) is 0 Å². The van der Waals surface area contributed by atoms with Crippen LogP contribution in [0, 0.1) is 6.92 Å². The van der Waals surface area contributed by atoms with Crippen molar-refractivity contribution in [1.82, 2.24) is 14.8 Å². The summed E-state index contributed by atoms with van der Waals surface area (Å²) in [5.74, 6) is 0.776. The number of hydrogen-bond acceptors (Lipinski definition) is 2. The van der Waals surface area contributed by atoms with Crippen LogP contribution in [-0.4, -0.2) is 22.6 Å². The van der Waals surface area contributed by atoms with Crippen molar-refractivity contribution in [2.45, 2.75) is 25.5 Å². The summed E-state index contributed by atoms with van der Waals surface area (Å²) in [7, 11) is 5.62. The maximum Gasteiger partial charge on any atom is 0.167 e. The molecule has 2 radical (unpaired) electrons. The molecule has 56 valence electrons. The molecule has 0 N–H and O–H groups in total.